The van der Waals surface area contributed by atoms with Crippen LogP contribution in [0.15, 0.2) is 68.6 Å². The van der Waals surface area contributed by atoms with E-state index in [0.29, 0.717) is 10.8 Å². The van der Waals surface area contributed by atoms with E-state index >= 15 is 0 Å². The third-order valence-corrected chi connectivity index (χ3v) is 5.51. The molecule has 10 nitrogen and oxygen atoms in total. The largest absolute Gasteiger partial charge is 1.00 e. The van der Waals surface area contributed by atoms with Gasteiger partial charge in [-0.3, -0.25) is 0 Å². The van der Waals surface area contributed by atoms with Gasteiger partial charge in [0, 0.05) is 11.1 Å². The Morgan fingerprint density at radius 2 is 1.43 bits per heavy atom. The zero-order chi connectivity index (χ0) is 20.7. The van der Waals surface area contributed by atoms with Crippen LogP contribution in [0.2, 0.25) is 0 Å². The summed E-state index contributed by atoms with van der Waals surface area (Å²) in [4.78, 5) is -1.03. The topological polar surface area (TPSA) is 191 Å². The predicted molar refractivity (Wildman–Crippen MR) is 99.3 cm³/mol. The Morgan fingerprint density at radius 1 is 0.767 bits per heavy atom. The summed E-state index contributed by atoms with van der Waals surface area (Å²) in [6.45, 7) is 0. The third kappa shape index (κ3) is 6.01. The summed E-state index contributed by atoms with van der Waals surface area (Å²) in [5.41, 5.74) is 11.6. The van der Waals surface area contributed by atoms with Gasteiger partial charge < -0.3 is 20.6 Å². The van der Waals surface area contributed by atoms with Gasteiger partial charge in [-0.25, -0.2) is 16.8 Å². The average Bonchev–Trinajstić information content (AvgIpc) is 2.58. The first-order chi connectivity index (χ1) is 13.0. The van der Waals surface area contributed by atoms with E-state index < -0.39 is 30.0 Å². The first-order valence-corrected chi connectivity index (χ1v) is 10.3. The van der Waals surface area contributed by atoms with Gasteiger partial charge in [0.1, 0.15) is 31.6 Å². The van der Waals surface area contributed by atoms with Crippen LogP contribution in [-0.4, -0.2) is 25.9 Å². The number of benzene rings is 3. The number of azo groups is 1. The quantitative estimate of drug-likeness (QED) is 0.169. The van der Waals surface area contributed by atoms with Crippen molar-refractivity contribution in [3.8, 4) is 0 Å². The molecule has 4 N–H and O–H groups in total. The van der Waals surface area contributed by atoms with E-state index in [-0.39, 0.29) is 81.9 Å². The maximum Gasteiger partial charge on any atom is 1.00 e. The van der Waals surface area contributed by atoms with Crippen molar-refractivity contribution in [3.05, 3.63) is 48.5 Å². The predicted octanol–water partition coefficient (Wildman–Crippen LogP) is -3.76. The minimum atomic E-state index is -4.82. The standard InChI is InChI=1S/C16H14N4O6S2.2Na/c17-10-2-6-15(28(24,25)26)14(8-10)19-20-16-12-4-3-11(27(21,22)23)7-9(12)1-5-13(16)18;;/h1-8H,17-18H2,(H,21,22,23)(H,24,25,26);;/q;2*+1/p-2. The Morgan fingerprint density at radius 3 is 2.03 bits per heavy atom. The molecule has 0 atom stereocenters. The number of nitrogens with two attached hydrogens (primary N) is 2. The average molecular weight is 466 g/mol. The van der Waals surface area contributed by atoms with Gasteiger partial charge >= 0.3 is 59.1 Å². The van der Waals surface area contributed by atoms with Crippen LogP contribution in [0.5, 0.6) is 0 Å². The number of nitrogens with zero attached hydrogens (tertiary/aromatic N) is 2. The van der Waals surface area contributed by atoms with Crippen LogP contribution in [0.4, 0.5) is 22.7 Å². The van der Waals surface area contributed by atoms with Crippen LogP contribution in [0.3, 0.4) is 0 Å². The second kappa shape index (κ2) is 10.0. The molecule has 3 aromatic rings. The zero-order valence-corrected chi connectivity index (χ0v) is 21.6. The Hall–Kier alpha value is -1.06. The van der Waals surface area contributed by atoms with Gasteiger partial charge in [-0.2, -0.15) is 0 Å². The molecule has 0 aliphatic rings. The maximum atomic E-state index is 11.4. The summed E-state index contributed by atoms with van der Waals surface area (Å²) in [6, 6.07) is 9.91. The number of hydrogen-bond acceptors (Lipinski definition) is 10. The van der Waals surface area contributed by atoms with E-state index in [1.807, 2.05) is 0 Å². The van der Waals surface area contributed by atoms with Gasteiger partial charge in [-0.15, -0.1) is 10.2 Å². The van der Waals surface area contributed by atoms with E-state index in [4.69, 9.17) is 11.5 Å². The molecule has 0 bridgehead atoms. The molecule has 0 saturated carbocycles. The summed E-state index contributed by atoms with van der Waals surface area (Å²) in [5.74, 6) is 0. The Balaban J connectivity index is 0.00000225. The molecule has 0 fully saturated rings. The van der Waals surface area contributed by atoms with Gasteiger partial charge in [0.05, 0.1) is 15.5 Å². The molecule has 0 unspecified atom stereocenters. The number of fused-ring (bicyclic) bond motifs is 1. The summed E-state index contributed by atoms with van der Waals surface area (Å²) in [7, 11) is -9.47. The second-order valence-corrected chi connectivity index (χ2v) is 8.45. The van der Waals surface area contributed by atoms with Crippen LogP contribution in [-0.2, 0) is 20.2 Å². The van der Waals surface area contributed by atoms with Crippen molar-refractivity contribution in [3.63, 3.8) is 0 Å². The summed E-state index contributed by atoms with van der Waals surface area (Å²) in [6.07, 6.45) is 0. The molecule has 0 spiro atoms. The summed E-state index contributed by atoms with van der Waals surface area (Å²) >= 11 is 0. The molecule has 0 saturated heterocycles. The van der Waals surface area contributed by atoms with Gasteiger partial charge in [-0.1, -0.05) is 12.1 Å². The summed E-state index contributed by atoms with van der Waals surface area (Å²) < 4.78 is 67.7. The van der Waals surface area contributed by atoms with Gasteiger partial charge in [-0.05, 0) is 41.8 Å². The molecule has 0 amide bonds. The number of nitrogen functional groups attached to an aromatic ring is 2. The molecule has 3 rings (SSSR count). The number of anilines is 2. The van der Waals surface area contributed by atoms with Gasteiger partial charge in [0.15, 0.2) is 0 Å². The van der Waals surface area contributed by atoms with Crippen LogP contribution in [0.25, 0.3) is 10.8 Å². The SMILES string of the molecule is Nc1ccc(S(=O)(=O)[O-])c(N=Nc2c(N)ccc3cc(S(=O)(=O)[O-])ccc23)c1.[Na+].[Na+]. The maximum absolute atomic E-state index is 11.4. The molecule has 146 valence electrons. The molecule has 3 aromatic carbocycles. The fourth-order valence-corrected chi connectivity index (χ4v) is 3.60. The summed E-state index contributed by atoms with van der Waals surface area (Å²) in [5, 5.41) is 8.43. The van der Waals surface area contributed by atoms with E-state index in [2.05, 4.69) is 10.2 Å². The smallest absolute Gasteiger partial charge is 0.744 e. The van der Waals surface area contributed by atoms with Gasteiger partial charge in [0.2, 0.25) is 0 Å². The van der Waals surface area contributed by atoms with Crippen molar-refractivity contribution >= 4 is 53.8 Å². The van der Waals surface area contributed by atoms with E-state index in [1.54, 1.807) is 0 Å². The molecule has 0 aliphatic carbocycles. The molecular weight excluding hydrogens is 454 g/mol. The van der Waals surface area contributed by atoms with Crippen LogP contribution in [0.1, 0.15) is 0 Å². The minimum absolute atomic E-state index is 0. The minimum Gasteiger partial charge on any atom is -0.744 e. The molecule has 30 heavy (non-hydrogen) atoms. The first kappa shape index (κ1) is 27.0. The van der Waals surface area contributed by atoms with Crippen molar-refractivity contribution in [2.75, 3.05) is 11.5 Å². The van der Waals surface area contributed by atoms with Crippen LogP contribution >= 0.6 is 0 Å². The van der Waals surface area contributed by atoms with Crippen molar-refractivity contribution < 1.29 is 85.1 Å². The van der Waals surface area contributed by atoms with Crippen molar-refractivity contribution in [1.82, 2.24) is 0 Å². The Bertz CT molecular complexity index is 1350. The number of hydrogen-bond donors (Lipinski definition) is 2. The Kier molecular flexibility index (Phi) is 9.03. The van der Waals surface area contributed by atoms with E-state index in [0.717, 1.165) is 24.3 Å². The normalized spacial score (nSPS) is 11.8. The molecule has 0 radical (unpaired) electrons. The Labute approximate surface area is 216 Å². The van der Waals surface area contributed by atoms with E-state index in [9.17, 15) is 25.9 Å². The fraction of sp³-hybridized carbons (Fsp3) is 0. The molecule has 0 heterocycles. The fourth-order valence-electron chi connectivity index (χ4n) is 2.50. The van der Waals surface area contributed by atoms with Crippen molar-refractivity contribution in [2.45, 2.75) is 9.79 Å². The molecule has 14 heteroatoms. The second-order valence-electron chi connectivity index (χ2n) is 5.72. The van der Waals surface area contributed by atoms with Crippen LogP contribution < -0.4 is 70.6 Å². The number of rotatable bonds is 4. The molecule has 0 aliphatic heterocycles. The van der Waals surface area contributed by atoms with Crippen molar-refractivity contribution in [2.24, 2.45) is 10.2 Å². The van der Waals surface area contributed by atoms with Gasteiger partial charge in [0.25, 0.3) is 0 Å². The van der Waals surface area contributed by atoms with E-state index in [1.165, 1.54) is 24.3 Å². The van der Waals surface area contributed by atoms with Crippen LogP contribution in [0, 0.1) is 0 Å². The molecule has 0 aromatic heterocycles. The monoisotopic (exact) mass is 466 g/mol. The molecular formula is C16H12N4Na2O6S2. The zero-order valence-electron chi connectivity index (χ0n) is 15.9. The van der Waals surface area contributed by atoms with Crippen molar-refractivity contribution in [1.29, 1.82) is 0 Å². The first-order valence-electron chi connectivity index (χ1n) is 7.52. The third-order valence-electron chi connectivity index (χ3n) is 3.79.